The van der Waals surface area contributed by atoms with E-state index in [1.165, 1.54) is 11.8 Å². The second-order valence-corrected chi connectivity index (χ2v) is 7.65. The Balaban J connectivity index is 1.88. The number of aromatic nitrogens is 3. The summed E-state index contributed by atoms with van der Waals surface area (Å²) in [6, 6.07) is 4.49. The molecule has 1 aromatic heterocycles. The number of amides is 1. The van der Waals surface area contributed by atoms with Crippen LogP contribution >= 0.6 is 11.6 Å². The Bertz CT molecular complexity index is 888. The van der Waals surface area contributed by atoms with Gasteiger partial charge in [0.2, 0.25) is 5.91 Å². The molecule has 1 N–H and O–H groups in total. The maximum absolute atomic E-state index is 13.0. The summed E-state index contributed by atoms with van der Waals surface area (Å²) in [5.41, 5.74) is 0.354. The molecule has 146 valence electrons. The van der Waals surface area contributed by atoms with Crippen LogP contribution in [-0.2, 0) is 17.8 Å². The second kappa shape index (κ2) is 8.17. The van der Waals surface area contributed by atoms with E-state index in [0.29, 0.717) is 47.6 Å². The van der Waals surface area contributed by atoms with Crippen LogP contribution in [0.4, 0.5) is 5.69 Å². The zero-order valence-electron chi connectivity index (χ0n) is 15.9. The lowest BCUT2D eigenvalue weighted by molar-refractivity contribution is -0.119. The van der Waals surface area contributed by atoms with Gasteiger partial charge in [-0.15, -0.1) is 0 Å². The smallest absolute Gasteiger partial charge is 0.346 e. The maximum Gasteiger partial charge on any atom is 0.346 e. The average Bonchev–Trinajstić information content (AvgIpc) is 2.79. The third-order valence-corrected chi connectivity index (χ3v) is 4.94. The van der Waals surface area contributed by atoms with Gasteiger partial charge in [0, 0.05) is 18.7 Å². The lowest BCUT2D eigenvalue weighted by Gasteiger charge is -2.17. The molecule has 0 aliphatic carbocycles. The first-order chi connectivity index (χ1) is 12.9. The third kappa shape index (κ3) is 4.18. The van der Waals surface area contributed by atoms with Gasteiger partial charge in [-0.05, 0) is 37.0 Å². The van der Waals surface area contributed by atoms with Gasteiger partial charge in [-0.1, -0.05) is 31.9 Å². The number of hydrogen-bond donors (Lipinski definition) is 1. The number of fused-ring (bicyclic) bond motifs is 1. The standard InChI is InChI=1S/C19H25ClN4O3/c1-12(2)11-23-19(26)24-15(6-4-5-7-17(24)22-23)18(25)21-13-8-9-16(27-3)14(20)10-13/h8-10,12,15H,4-7,11H2,1-3H3,(H,21,25). The Morgan fingerprint density at radius 2 is 2.19 bits per heavy atom. The van der Waals surface area contributed by atoms with Gasteiger partial charge in [0.1, 0.15) is 17.6 Å². The fraction of sp³-hybridized carbons (Fsp3) is 0.526. The van der Waals surface area contributed by atoms with E-state index in [0.717, 1.165) is 12.8 Å². The van der Waals surface area contributed by atoms with E-state index < -0.39 is 6.04 Å². The number of rotatable bonds is 5. The Labute approximate surface area is 163 Å². The fourth-order valence-electron chi connectivity index (χ4n) is 3.38. The van der Waals surface area contributed by atoms with Crippen molar-refractivity contribution in [2.75, 3.05) is 12.4 Å². The van der Waals surface area contributed by atoms with Crippen LogP contribution in [-0.4, -0.2) is 27.4 Å². The molecule has 0 saturated heterocycles. The van der Waals surface area contributed by atoms with Crippen molar-refractivity contribution < 1.29 is 9.53 Å². The van der Waals surface area contributed by atoms with Gasteiger partial charge in [-0.2, -0.15) is 5.10 Å². The minimum Gasteiger partial charge on any atom is -0.495 e. The number of anilines is 1. The van der Waals surface area contributed by atoms with Gasteiger partial charge >= 0.3 is 5.69 Å². The zero-order chi connectivity index (χ0) is 19.6. The molecule has 7 nitrogen and oxygen atoms in total. The van der Waals surface area contributed by atoms with E-state index in [1.807, 2.05) is 13.8 Å². The molecule has 0 saturated carbocycles. The number of benzene rings is 1. The number of nitrogens with one attached hydrogen (secondary N) is 1. The lowest BCUT2D eigenvalue weighted by atomic mass is 10.1. The molecule has 8 heteroatoms. The molecule has 0 bridgehead atoms. The number of methoxy groups -OCH3 is 1. The van der Waals surface area contributed by atoms with Gasteiger partial charge in [-0.25, -0.2) is 9.48 Å². The van der Waals surface area contributed by atoms with Gasteiger partial charge in [0.05, 0.1) is 12.1 Å². The van der Waals surface area contributed by atoms with Crippen LogP contribution in [0.15, 0.2) is 23.0 Å². The molecule has 1 unspecified atom stereocenters. The second-order valence-electron chi connectivity index (χ2n) is 7.24. The van der Waals surface area contributed by atoms with Crippen molar-refractivity contribution in [2.45, 2.75) is 52.1 Å². The molecule has 0 radical (unpaired) electrons. The predicted molar refractivity (Wildman–Crippen MR) is 105 cm³/mol. The largest absolute Gasteiger partial charge is 0.495 e. The van der Waals surface area contributed by atoms with Crippen molar-refractivity contribution >= 4 is 23.2 Å². The van der Waals surface area contributed by atoms with Crippen LogP contribution < -0.4 is 15.7 Å². The van der Waals surface area contributed by atoms with E-state index in [-0.39, 0.29) is 11.6 Å². The quantitative estimate of drug-likeness (QED) is 0.847. The van der Waals surface area contributed by atoms with Crippen molar-refractivity contribution in [3.05, 3.63) is 39.5 Å². The first-order valence-corrected chi connectivity index (χ1v) is 9.61. The zero-order valence-corrected chi connectivity index (χ0v) is 16.6. The molecule has 2 heterocycles. The Morgan fingerprint density at radius 3 is 2.85 bits per heavy atom. The summed E-state index contributed by atoms with van der Waals surface area (Å²) in [7, 11) is 1.54. The van der Waals surface area contributed by atoms with E-state index in [9.17, 15) is 9.59 Å². The van der Waals surface area contributed by atoms with Crippen molar-refractivity contribution in [3.8, 4) is 5.75 Å². The van der Waals surface area contributed by atoms with E-state index in [1.54, 1.807) is 22.8 Å². The monoisotopic (exact) mass is 392 g/mol. The van der Waals surface area contributed by atoms with Gasteiger partial charge in [-0.3, -0.25) is 9.36 Å². The molecule has 2 aromatic rings. The Hall–Kier alpha value is -2.28. The molecule has 0 fully saturated rings. The summed E-state index contributed by atoms with van der Waals surface area (Å²) in [5, 5.41) is 7.77. The van der Waals surface area contributed by atoms with Crippen LogP contribution in [0.2, 0.25) is 5.02 Å². The number of hydrogen-bond acceptors (Lipinski definition) is 4. The summed E-state index contributed by atoms with van der Waals surface area (Å²) in [6.07, 6.45) is 3.10. The fourth-order valence-corrected chi connectivity index (χ4v) is 3.64. The predicted octanol–water partition coefficient (Wildman–Crippen LogP) is 3.27. The molecule has 1 aromatic carbocycles. The van der Waals surface area contributed by atoms with Crippen LogP contribution in [0.25, 0.3) is 0 Å². The highest BCUT2D eigenvalue weighted by Gasteiger charge is 2.29. The summed E-state index contributed by atoms with van der Waals surface area (Å²) in [6.45, 7) is 4.62. The Kier molecular flexibility index (Phi) is 5.89. The van der Waals surface area contributed by atoms with Crippen LogP contribution in [0.3, 0.4) is 0 Å². The summed E-state index contributed by atoms with van der Waals surface area (Å²) < 4.78 is 8.18. The number of aryl methyl sites for hydroxylation is 1. The maximum atomic E-state index is 13.0. The summed E-state index contributed by atoms with van der Waals surface area (Å²) in [4.78, 5) is 25.8. The van der Waals surface area contributed by atoms with Crippen molar-refractivity contribution in [1.82, 2.24) is 14.3 Å². The van der Waals surface area contributed by atoms with Crippen LogP contribution in [0, 0.1) is 5.92 Å². The summed E-state index contributed by atoms with van der Waals surface area (Å²) in [5.74, 6) is 1.30. The number of ether oxygens (including phenoxy) is 1. The van der Waals surface area contributed by atoms with Crippen molar-refractivity contribution in [1.29, 1.82) is 0 Å². The molecule has 1 amide bonds. The molecular weight excluding hydrogens is 368 g/mol. The van der Waals surface area contributed by atoms with E-state index in [4.69, 9.17) is 16.3 Å². The molecule has 27 heavy (non-hydrogen) atoms. The van der Waals surface area contributed by atoms with Crippen LogP contribution in [0.1, 0.15) is 45.0 Å². The molecule has 0 spiro atoms. The Morgan fingerprint density at radius 1 is 1.41 bits per heavy atom. The molecule has 1 aliphatic heterocycles. The SMILES string of the molecule is COc1ccc(NC(=O)C2CCCCc3nn(CC(C)C)c(=O)n32)cc1Cl. The number of halogens is 1. The first-order valence-electron chi connectivity index (χ1n) is 9.23. The van der Waals surface area contributed by atoms with E-state index in [2.05, 4.69) is 10.4 Å². The van der Waals surface area contributed by atoms with E-state index >= 15 is 0 Å². The van der Waals surface area contributed by atoms with Gasteiger partial charge in [0.25, 0.3) is 0 Å². The van der Waals surface area contributed by atoms with Crippen LogP contribution in [0.5, 0.6) is 5.75 Å². The molecule has 1 atom stereocenters. The third-order valence-electron chi connectivity index (χ3n) is 4.64. The topological polar surface area (TPSA) is 78.2 Å². The molecule has 3 rings (SSSR count). The highest BCUT2D eigenvalue weighted by atomic mass is 35.5. The van der Waals surface area contributed by atoms with Crippen molar-refractivity contribution in [3.63, 3.8) is 0 Å². The summed E-state index contributed by atoms with van der Waals surface area (Å²) >= 11 is 6.14. The lowest BCUT2D eigenvalue weighted by Crippen LogP contribution is -2.35. The number of nitrogens with zero attached hydrogens (tertiary/aromatic N) is 3. The highest BCUT2D eigenvalue weighted by Crippen LogP contribution is 2.28. The highest BCUT2D eigenvalue weighted by molar-refractivity contribution is 6.32. The van der Waals surface area contributed by atoms with Gasteiger partial charge in [0.15, 0.2) is 0 Å². The first kappa shape index (κ1) is 19.5. The average molecular weight is 393 g/mol. The van der Waals surface area contributed by atoms with Crippen molar-refractivity contribution in [2.24, 2.45) is 5.92 Å². The number of carbonyl (C=O) groups excluding carboxylic acids is 1. The molecule has 1 aliphatic rings. The minimum absolute atomic E-state index is 0.214. The van der Waals surface area contributed by atoms with Gasteiger partial charge < -0.3 is 10.1 Å². The number of carbonyl (C=O) groups is 1. The normalized spacial score (nSPS) is 16.7. The molecular formula is C19H25ClN4O3. The minimum atomic E-state index is -0.572.